The summed E-state index contributed by atoms with van der Waals surface area (Å²) in [5.74, 6) is 1.17. The molecule has 0 aliphatic carbocycles. The molecule has 0 spiro atoms. The molecule has 2 saturated heterocycles. The third-order valence-corrected chi connectivity index (χ3v) is 6.50. The number of hydrogen-bond donors (Lipinski definition) is 1. The average Bonchev–Trinajstić information content (AvgIpc) is 3.26. The van der Waals surface area contributed by atoms with Gasteiger partial charge in [0.25, 0.3) is 0 Å². The summed E-state index contributed by atoms with van der Waals surface area (Å²) in [6.45, 7) is 16.7. The fourth-order valence-corrected chi connectivity index (χ4v) is 4.16. The predicted octanol–water partition coefficient (Wildman–Crippen LogP) is 4.18. The minimum absolute atomic E-state index is 0.127. The highest BCUT2D eigenvalue weighted by molar-refractivity contribution is 6.62. The molecular formula is C23H34BN3O4. The maximum Gasteiger partial charge on any atom is 0.494 e. The van der Waals surface area contributed by atoms with E-state index in [4.69, 9.17) is 19.0 Å². The molecule has 1 aromatic heterocycles. The number of hydrogen-bond acceptors (Lipinski definition) is 5. The lowest BCUT2D eigenvalue weighted by Crippen LogP contribution is -2.41. The van der Waals surface area contributed by atoms with Crippen LogP contribution in [0, 0.1) is 5.92 Å². The Kier molecular flexibility index (Phi) is 5.17. The van der Waals surface area contributed by atoms with E-state index in [-0.39, 0.29) is 23.3 Å². The molecule has 2 aliphatic rings. The Bertz CT molecular complexity index is 978. The van der Waals surface area contributed by atoms with Gasteiger partial charge in [-0.15, -0.1) is 0 Å². The van der Waals surface area contributed by atoms with E-state index in [0.717, 1.165) is 28.7 Å². The predicted molar refractivity (Wildman–Crippen MR) is 121 cm³/mol. The second-order valence-electron chi connectivity index (χ2n) is 11.0. The lowest BCUT2D eigenvalue weighted by Gasteiger charge is -2.32. The maximum atomic E-state index is 12.8. The highest BCUT2D eigenvalue weighted by Gasteiger charge is 2.51. The molecule has 1 unspecified atom stereocenters. The smallest absolute Gasteiger partial charge is 0.444 e. The van der Waals surface area contributed by atoms with Crippen LogP contribution in [0.1, 0.15) is 73.7 Å². The zero-order chi connectivity index (χ0) is 22.8. The molecule has 31 heavy (non-hydrogen) atoms. The molecule has 2 aliphatic heterocycles. The molecule has 2 atom stereocenters. The summed E-state index contributed by atoms with van der Waals surface area (Å²) in [6.07, 6.45) is 0.559. The molecule has 1 aromatic carbocycles. The number of carbonyl (C=O) groups excluding carboxylic acids is 1. The largest absolute Gasteiger partial charge is 0.494 e. The van der Waals surface area contributed by atoms with Crippen molar-refractivity contribution in [1.82, 2.24) is 14.9 Å². The van der Waals surface area contributed by atoms with Crippen LogP contribution in [-0.4, -0.2) is 51.4 Å². The van der Waals surface area contributed by atoms with Gasteiger partial charge in [-0.1, -0.05) is 13.0 Å². The Hall–Kier alpha value is -2.06. The number of carbonyl (C=O) groups is 1. The van der Waals surface area contributed by atoms with Gasteiger partial charge in [-0.3, -0.25) is 4.90 Å². The number of nitrogens with one attached hydrogen (secondary N) is 1. The van der Waals surface area contributed by atoms with Crippen LogP contribution in [0.4, 0.5) is 4.79 Å². The summed E-state index contributed by atoms with van der Waals surface area (Å²) < 4.78 is 18.0. The number of ether oxygens (including phenoxy) is 1. The number of H-pyrrole nitrogens is 1. The van der Waals surface area contributed by atoms with Crippen molar-refractivity contribution >= 4 is 29.7 Å². The van der Waals surface area contributed by atoms with E-state index < -0.39 is 12.7 Å². The molecule has 1 N–H and O–H groups in total. The van der Waals surface area contributed by atoms with Gasteiger partial charge < -0.3 is 19.0 Å². The molecule has 0 saturated carbocycles. The van der Waals surface area contributed by atoms with Crippen LogP contribution in [0.5, 0.6) is 0 Å². The molecule has 1 amide bonds. The first kappa shape index (κ1) is 22.2. The van der Waals surface area contributed by atoms with Crippen molar-refractivity contribution in [2.45, 2.75) is 84.7 Å². The summed E-state index contributed by atoms with van der Waals surface area (Å²) in [6, 6.07) is 5.88. The number of amides is 1. The second kappa shape index (κ2) is 7.24. The van der Waals surface area contributed by atoms with Gasteiger partial charge in [0.1, 0.15) is 11.4 Å². The molecular weight excluding hydrogens is 393 g/mol. The number of nitrogens with zero attached hydrogens (tertiary/aromatic N) is 2. The lowest BCUT2D eigenvalue weighted by molar-refractivity contribution is 0.00578. The van der Waals surface area contributed by atoms with Crippen molar-refractivity contribution in [3.63, 3.8) is 0 Å². The molecule has 3 heterocycles. The van der Waals surface area contributed by atoms with Crippen LogP contribution < -0.4 is 5.46 Å². The number of aromatic nitrogens is 2. The Labute approximate surface area is 185 Å². The van der Waals surface area contributed by atoms with Crippen LogP contribution in [0.3, 0.4) is 0 Å². The van der Waals surface area contributed by atoms with Crippen molar-refractivity contribution in [3.8, 4) is 0 Å². The minimum Gasteiger partial charge on any atom is -0.444 e. The van der Waals surface area contributed by atoms with Crippen molar-refractivity contribution in [3.05, 3.63) is 24.0 Å². The van der Waals surface area contributed by atoms with E-state index in [9.17, 15) is 4.79 Å². The fourth-order valence-electron chi connectivity index (χ4n) is 4.16. The first-order chi connectivity index (χ1) is 14.3. The monoisotopic (exact) mass is 427 g/mol. The van der Waals surface area contributed by atoms with Gasteiger partial charge in [0.05, 0.1) is 28.3 Å². The molecule has 2 fully saturated rings. The summed E-state index contributed by atoms with van der Waals surface area (Å²) >= 11 is 0. The second-order valence-corrected chi connectivity index (χ2v) is 11.0. The van der Waals surface area contributed by atoms with E-state index >= 15 is 0 Å². The topological polar surface area (TPSA) is 76.7 Å². The van der Waals surface area contributed by atoms with E-state index in [1.807, 2.05) is 66.7 Å². The van der Waals surface area contributed by atoms with Gasteiger partial charge in [-0.2, -0.15) is 0 Å². The molecule has 4 rings (SSSR count). The van der Waals surface area contributed by atoms with Crippen molar-refractivity contribution < 1.29 is 18.8 Å². The number of imidazole rings is 1. The van der Waals surface area contributed by atoms with Gasteiger partial charge in [-0.25, -0.2) is 9.78 Å². The number of aromatic amines is 1. The molecule has 0 bridgehead atoms. The van der Waals surface area contributed by atoms with Crippen LogP contribution >= 0.6 is 0 Å². The third kappa shape index (κ3) is 4.20. The maximum absolute atomic E-state index is 12.8. The molecule has 8 heteroatoms. The Morgan fingerprint density at radius 2 is 1.87 bits per heavy atom. The normalized spacial score (nSPS) is 25.4. The van der Waals surface area contributed by atoms with Crippen LogP contribution in [0.15, 0.2) is 18.2 Å². The minimum atomic E-state index is -0.529. The zero-order valence-electron chi connectivity index (χ0n) is 19.9. The van der Waals surface area contributed by atoms with Crippen molar-refractivity contribution in [2.24, 2.45) is 5.92 Å². The highest BCUT2D eigenvalue weighted by Crippen LogP contribution is 2.37. The summed E-state index contributed by atoms with van der Waals surface area (Å²) in [7, 11) is -0.425. The highest BCUT2D eigenvalue weighted by atomic mass is 16.7. The van der Waals surface area contributed by atoms with Crippen molar-refractivity contribution in [2.75, 3.05) is 6.54 Å². The van der Waals surface area contributed by atoms with E-state index in [1.54, 1.807) is 4.90 Å². The molecule has 7 nitrogen and oxygen atoms in total. The molecule has 0 radical (unpaired) electrons. The number of benzene rings is 1. The van der Waals surface area contributed by atoms with Crippen molar-refractivity contribution in [1.29, 1.82) is 0 Å². The first-order valence-electron chi connectivity index (χ1n) is 11.1. The lowest BCUT2D eigenvalue weighted by atomic mass is 9.79. The van der Waals surface area contributed by atoms with Gasteiger partial charge in [0, 0.05) is 6.54 Å². The Balaban J connectivity index is 1.60. The van der Waals surface area contributed by atoms with E-state index in [0.29, 0.717) is 12.5 Å². The molecule has 168 valence electrons. The SMILES string of the molecule is C[C@@H]1CC(c2nc3ccc(B4OC(C)(C)C(C)(C)O4)cc3[nH]2)N(C(=O)OC(C)(C)C)C1. The van der Waals surface area contributed by atoms with Crippen LogP contribution in [0.2, 0.25) is 0 Å². The Morgan fingerprint density at radius 1 is 1.23 bits per heavy atom. The Morgan fingerprint density at radius 3 is 2.48 bits per heavy atom. The summed E-state index contributed by atoms with van der Waals surface area (Å²) in [5.41, 5.74) is 1.41. The zero-order valence-corrected chi connectivity index (χ0v) is 19.9. The quantitative estimate of drug-likeness (QED) is 0.728. The first-order valence-corrected chi connectivity index (χ1v) is 11.1. The average molecular weight is 427 g/mol. The third-order valence-electron chi connectivity index (χ3n) is 6.50. The van der Waals surface area contributed by atoms with Crippen LogP contribution in [-0.2, 0) is 14.0 Å². The van der Waals surface area contributed by atoms with E-state index in [1.165, 1.54) is 0 Å². The van der Waals surface area contributed by atoms with Gasteiger partial charge in [-0.05, 0) is 78.4 Å². The van der Waals surface area contributed by atoms with Crippen LogP contribution in [0.25, 0.3) is 11.0 Å². The number of fused-ring (bicyclic) bond motifs is 1. The number of likely N-dealkylation sites (tertiary alicyclic amines) is 1. The van der Waals surface area contributed by atoms with E-state index in [2.05, 4.69) is 11.9 Å². The number of rotatable bonds is 2. The van der Waals surface area contributed by atoms with Gasteiger partial charge in [0.15, 0.2) is 0 Å². The standard InChI is InChI=1S/C23H34BN3O4/c1-14-11-18(27(13-14)20(28)29-21(2,3)4)19-25-16-10-9-15(12-17(16)26-19)24-30-22(5,6)23(7,8)31-24/h9-10,12,14,18H,11,13H2,1-8H3,(H,25,26)/t14-,18?/m1/s1. The molecule has 2 aromatic rings. The van der Waals surface area contributed by atoms with Gasteiger partial charge >= 0.3 is 13.2 Å². The summed E-state index contributed by atoms with van der Waals surface area (Å²) in [4.78, 5) is 22.8. The fraction of sp³-hybridized carbons (Fsp3) is 0.652. The summed E-state index contributed by atoms with van der Waals surface area (Å²) in [5, 5.41) is 0. The van der Waals surface area contributed by atoms with Gasteiger partial charge in [0.2, 0.25) is 0 Å².